The first-order valence-electron chi connectivity index (χ1n) is 8.55. The second-order valence-electron chi connectivity index (χ2n) is 6.24. The fraction of sp³-hybridized carbons (Fsp3) is 0.0455. The topological polar surface area (TPSA) is 83.5 Å². The lowest BCUT2D eigenvalue weighted by Crippen LogP contribution is -2.14. The van der Waals surface area contributed by atoms with Crippen LogP contribution in [-0.2, 0) is 10.0 Å². The van der Waals surface area contributed by atoms with Crippen LogP contribution in [0.15, 0.2) is 83.8 Å². The third kappa shape index (κ3) is 4.66. The average Bonchev–Trinajstić information content (AvgIpc) is 2.68. The summed E-state index contributed by atoms with van der Waals surface area (Å²) in [5, 5.41) is 9.27. The fourth-order valence-corrected chi connectivity index (χ4v) is 3.93. The summed E-state index contributed by atoms with van der Waals surface area (Å²) in [7, 11) is -3.70. The van der Waals surface area contributed by atoms with E-state index < -0.39 is 10.0 Å². The van der Waals surface area contributed by atoms with Gasteiger partial charge in [-0.15, -0.1) is 0 Å². The van der Waals surface area contributed by atoms with E-state index in [0.717, 1.165) is 5.56 Å². The van der Waals surface area contributed by atoms with Crippen LogP contribution in [0.3, 0.4) is 0 Å². The Bertz CT molecular complexity index is 1120. The molecule has 0 radical (unpaired) electrons. The first kappa shape index (κ1) is 19.4. The predicted molar refractivity (Wildman–Crippen MR) is 110 cm³/mol. The molecule has 3 aromatic rings. The van der Waals surface area contributed by atoms with Gasteiger partial charge in [0, 0.05) is 11.3 Å². The number of carbonyl (C=O) groups is 1. The van der Waals surface area contributed by atoms with E-state index in [1.807, 2.05) is 0 Å². The van der Waals surface area contributed by atoms with Crippen LogP contribution in [0.5, 0.6) is 5.75 Å². The van der Waals surface area contributed by atoms with Crippen LogP contribution in [0, 0.1) is 6.92 Å². The highest BCUT2D eigenvalue weighted by Crippen LogP contribution is 2.20. The number of carbonyl (C=O) groups excluding carboxylic acids is 1. The minimum atomic E-state index is -3.70. The summed E-state index contributed by atoms with van der Waals surface area (Å²) < 4.78 is 27.6. The molecular formula is C22H19NO4S. The van der Waals surface area contributed by atoms with Crippen molar-refractivity contribution in [3.8, 4) is 5.75 Å². The van der Waals surface area contributed by atoms with E-state index >= 15 is 0 Å². The molecule has 0 heterocycles. The molecule has 0 aliphatic carbocycles. The van der Waals surface area contributed by atoms with Crippen molar-refractivity contribution in [3.63, 3.8) is 0 Å². The Morgan fingerprint density at radius 1 is 0.929 bits per heavy atom. The summed E-state index contributed by atoms with van der Waals surface area (Å²) in [4.78, 5) is 12.5. The quantitative estimate of drug-likeness (QED) is 0.480. The zero-order valence-corrected chi connectivity index (χ0v) is 16.0. The Labute approximate surface area is 164 Å². The fourth-order valence-electron chi connectivity index (χ4n) is 2.62. The van der Waals surface area contributed by atoms with Gasteiger partial charge in [0.1, 0.15) is 5.75 Å². The molecule has 0 unspecified atom stereocenters. The van der Waals surface area contributed by atoms with Crippen LogP contribution in [-0.4, -0.2) is 19.3 Å². The highest BCUT2D eigenvalue weighted by atomic mass is 32.2. The molecule has 28 heavy (non-hydrogen) atoms. The summed E-state index contributed by atoms with van der Waals surface area (Å²) in [5.41, 5.74) is 2.26. The van der Waals surface area contributed by atoms with Crippen LogP contribution >= 0.6 is 0 Å². The van der Waals surface area contributed by atoms with Gasteiger partial charge in [-0.25, -0.2) is 8.42 Å². The largest absolute Gasteiger partial charge is 0.508 e. The molecule has 0 amide bonds. The number of rotatable bonds is 6. The standard InChI is InChI=1S/C22H19NO4S/c1-16-4-2-3-5-22(16)28(26,27)23-19-11-9-18(10-12-19)21(25)15-8-17-6-13-20(24)14-7-17/h2-15,23-24H,1H3/b15-8+. The second-order valence-corrected chi connectivity index (χ2v) is 7.89. The lowest BCUT2D eigenvalue weighted by Gasteiger charge is -2.10. The summed E-state index contributed by atoms with van der Waals surface area (Å²) in [6.07, 6.45) is 3.08. The summed E-state index contributed by atoms with van der Waals surface area (Å²) >= 11 is 0. The van der Waals surface area contributed by atoms with Gasteiger partial charge in [0.2, 0.25) is 0 Å². The molecule has 0 saturated carbocycles. The Morgan fingerprint density at radius 3 is 2.21 bits per heavy atom. The number of benzene rings is 3. The maximum Gasteiger partial charge on any atom is 0.262 e. The molecule has 0 aromatic heterocycles. The highest BCUT2D eigenvalue weighted by Gasteiger charge is 2.16. The van der Waals surface area contributed by atoms with Crippen molar-refractivity contribution < 1.29 is 18.3 Å². The second kappa shape index (κ2) is 8.10. The van der Waals surface area contributed by atoms with E-state index in [4.69, 9.17) is 0 Å². The molecule has 142 valence electrons. The lowest BCUT2D eigenvalue weighted by molar-refractivity contribution is 0.104. The van der Waals surface area contributed by atoms with Gasteiger partial charge in [-0.1, -0.05) is 36.4 Å². The number of sulfonamides is 1. The van der Waals surface area contributed by atoms with E-state index in [9.17, 15) is 18.3 Å². The molecule has 0 fully saturated rings. The third-order valence-electron chi connectivity index (χ3n) is 4.12. The number of allylic oxidation sites excluding steroid dienone is 1. The lowest BCUT2D eigenvalue weighted by atomic mass is 10.1. The number of hydrogen-bond donors (Lipinski definition) is 2. The van der Waals surface area contributed by atoms with Crippen LogP contribution in [0.25, 0.3) is 6.08 Å². The number of phenolic OH excluding ortho intramolecular Hbond substituents is 1. The smallest absolute Gasteiger partial charge is 0.262 e. The Kier molecular flexibility index (Phi) is 5.61. The zero-order valence-electron chi connectivity index (χ0n) is 15.2. The number of ketones is 1. The van der Waals surface area contributed by atoms with Crippen molar-refractivity contribution in [3.05, 3.63) is 95.6 Å². The van der Waals surface area contributed by atoms with E-state index in [2.05, 4.69) is 4.72 Å². The SMILES string of the molecule is Cc1ccccc1S(=O)(=O)Nc1ccc(C(=O)/C=C/c2ccc(O)cc2)cc1. The number of aryl methyl sites for hydroxylation is 1. The Balaban J connectivity index is 1.72. The van der Waals surface area contributed by atoms with Gasteiger partial charge >= 0.3 is 0 Å². The van der Waals surface area contributed by atoms with Gasteiger partial charge in [-0.2, -0.15) is 0 Å². The molecule has 6 heteroatoms. The van der Waals surface area contributed by atoms with Gasteiger partial charge in [0.15, 0.2) is 5.78 Å². The van der Waals surface area contributed by atoms with Crippen LogP contribution in [0.1, 0.15) is 21.5 Å². The van der Waals surface area contributed by atoms with Crippen molar-refractivity contribution in [2.24, 2.45) is 0 Å². The van der Waals surface area contributed by atoms with Crippen molar-refractivity contribution >= 4 is 27.6 Å². The van der Waals surface area contributed by atoms with E-state index in [0.29, 0.717) is 16.8 Å². The number of anilines is 1. The first-order chi connectivity index (χ1) is 13.3. The van der Waals surface area contributed by atoms with Gasteiger partial charge in [-0.3, -0.25) is 9.52 Å². The third-order valence-corrected chi connectivity index (χ3v) is 5.67. The van der Waals surface area contributed by atoms with Crippen LogP contribution < -0.4 is 4.72 Å². The monoisotopic (exact) mass is 393 g/mol. The van der Waals surface area contributed by atoms with Gasteiger partial charge in [0.05, 0.1) is 4.90 Å². The van der Waals surface area contributed by atoms with Gasteiger partial charge < -0.3 is 5.11 Å². The molecule has 0 aliphatic heterocycles. The minimum Gasteiger partial charge on any atom is -0.508 e. The molecule has 0 saturated heterocycles. The average molecular weight is 393 g/mol. The maximum absolute atomic E-state index is 12.5. The Morgan fingerprint density at radius 2 is 1.57 bits per heavy atom. The molecule has 0 aliphatic rings. The van der Waals surface area contributed by atoms with Crippen LogP contribution in [0.2, 0.25) is 0 Å². The molecule has 0 bridgehead atoms. The summed E-state index contributed by atoms with van der Waals surface area (Å²) in [6, 6.07) is 19.4. The zero-order chi connectivity index (χ0) is 20.1. The van der Waals surface area contributed by atoms with E-state index in [-0.39, 0.29) is 16.4 Å². The number of hydrogen-bond acceptors (Lipinski definition) is 4. The molecule has 0 atom stereocenters. The normalized spacial score (nSPS) is 11.5. The highest BCUT2D eigenvalue weighted by molar-refractivity contribution is 7.92. The predicted octanol–water partition coefficient (Wildman–Crippen LogP) is 4.40. The van der Waals surface area contributed by atoms with Crippen molar-refractivity contribution in [1.82, 2.24) is 0 Å². The minimum absolute atomic E-state index is 0.159. The summed E-state index contributed by atoms with van der Waals surface area (Å²) in [5.74, 6) is -0.0476. The Hall–Kier alpha value is -3.38. The molecule has 2 N–H and O–H groups in total. The van der Waals surface area contributed by atoms with Crippen molar-refractivity contribution in [1.29, 1.82) is 0 Å². The number of phenols is 1. The summed E-state index contributed by atoms with van der Waals surface area (Å²) in [6.45, 7) is 1.73. The van der Waals surface area contributed by atoms with Crippen molar-refractivity contribution in [2.75, 3.05) is 4.72 Å². The van der Waals surface area contributed by atoms with Crippen LogP contribution in [0.4, 0.5) is 5.69 Å². The molecular weight excluding hydrogens is 374 g/mol. The number of aromatic hydroxyl groups is 1. The maximum atomic E-state index is 12.5. The molecule has 3 aromatic carbocycles. The van der Waals surface area contributed by atoms with E-state index in [1.54, 1.807) is 85.8 Å². The number of nitrogens with one attached hydrogen (secondary N) is 1. The molecule has 5 nitrogen and oxygen atoms in total. The van der Waals surface area contributed by atoms with Crippen molar-refractivity contribution in [2.45, 2.75) is 11.8 Å². The first-order valence-corrected chi connectivity index (χ1v) is 10.0. The van der Waals surface area contributed by atoms with E-state index in [1.165, 1.54) is 6.08 Å². The molecule has 3 rings (SSSR count). The molecule has 0 spiro atoms. The van der Waals surface area contributed by atoms with Gasteiger partial charge in [0.25, 0.3) is 10.0 Å². The van der Waals surface area contributed by atoms with Gasteiger partial charge in [-0.05, 0) is 66.6 Å².